The van der Waals surface area contributed by atoms with Crippen LogP contribution in [-0.4, -0.2) is 31.5 Å². The molecule has 8 nitrogen and oxygen atoms in total. The first-order valence-electron chi connectivity index (χ1n) is 7.84. The van der Waals surface area contributed by atoms with Gasteiger partial charge in [-0.3, -0.25) is 19.6 Å². The van der Waals surface area contributed by atoms with Crippen molar-refractivity contribution in [3.63, 3.8) is 0 Å². The number of rotatable bonds is 5. The van der Waals surface area contributed by atoms with Crippen molar-refractivity contribution in [2.75, 3.05) is 16.3 Å². The fraction of sp³-hybridized carbons (Fsp3) is 0.312. The number of carbonyl (C=O) groups is 2. The summed E-state index contributed by atoms with van der Waals surface area (Å²) in [6.45, 7) is 4.42. The maximum atomic E-state index is 13.2. The van der Waals surface area contributed by atoms with Crippen molar-refractivity contribution < 1.29 is 35.9 Å². The van der Waals surface area contributed by atoms with Gasteiger partial charge in [0.05, 0.1) is 11.8 Å². The second-order valence-corrected chi connectivity index (χ2v) is 8.82. The fourth-order valence-corrected chi connectivity index (χ4v) is 3.72. The monoisotopic (exact) mass is 451 g/mol. The molecule has 1 amide bonds. The molecule has 0 fully saturated rings. The van der Waals surface area contributed by atoms with Crippen molar-refractivity contribution in [1.82, 2.24) is 4.98 Å². The van der Waals surface area contributed by atoms with E-state index in [2.05, 4.69) is 10.3 Å². The van der Waals surface area contributed by atoms with Crippen LogP contribution in [0.2, 0.25) is 0 Å². The molecule has 0 saturated carbocycles. The van der Waals surface area contributed by atoms with Crippen molar-refractivity contribution in [1.29, 1.82) is 0 Å². The topological polar surface area (TPSA) is 114 Å². The summed E-state index contributed by atoms with van der Waals surface area (Å²) >= 11 is 0.0555. The molecule has 1 heterocycles. The molecular formula is C16H16F3N3O5S2. The van der Waals surface area contributed by atoms with Gasteiger partial charge >= 0.3 is 12.1 Å². The zero-order valence-electron chi connectivity index (χ0n) is 15.6. The SMILES string of the molecule is CC(=O)Oc1c(C)cc(C)cc1C(=O)Nc1nc(NS(C)(=O)=O)c(C(F)(F)F)s1. The number of hydrogen-bond acceptors (Lipinski definition) is 7. The van der Waals surface area contributed by atoms with Crippen molar-refractivity contribution in [3.05, 3.63) is 33.7 Å². The molecule has 0 atom stereocenters. The van der Waals surface area contributed by atoms with E-state index in [1.807, 2.05) is 0 Å². The van der Waals surface area contributed by atoms with E-state index in [-0.39, 0.29) is 22.6 Å². The average molecular weight is 451 g/mol. The van der Waals surface area contributed by atoms with Gasteiger partial charge in [-0.05, 0) is 31.0 Å². The van der Waals surface area contributed by atoms with Crippen molar-refractivity contribution >= 4 is 44.2 Å². The van der Waals surface area contributed by atoms with Gasteiger partial charge in [-0.15, -0.1) is 0 Å². The van der Waals surface area contributed by atoms with E-state index in [9.17, 15) is 31.2 Å². The second-order valence-electron chi connectivity index (χ2n) is 6.08. The number of esters is 1. The van der Waals surface area contributed by atoms with Crippen LogP contribution in [0.15, 0.2) is 12.1 Å². The largest absolute Gasteiger partial charge is 0.429 e. The van der Waals surface area contributed by atoms with Crippen LogP contribution in [-0.2, 0) is 21.0 Å². The highest BCUT2D eigenvalue weighted by Crippen LogP contribution is 2.41. The summed E-state index contributed by atoms with van der Waals surface area (Å²) in [7, 11) is -4.03. The summed E-state index contributed by atoms with van der Waals surface area (Å²) in [4.78, 5) is 26.2. The Hall–Kier alpha value is -2.67. The lowest BCUT2D eigenvalue weighted by atomic mass is 10.0. The number of amides is 1. The van der Waals surface area contributed by atoms with Crippen LogP contribution < -0.4 is 14.8 Å². The van der Waals surface area contributed by atoms with Crippen LogP contribution in [0, 0.1) is 13.8 Å². The Morgan fingerprint density at radius 1 is 1.21 bits per heavy atom. The van der Waals surface area contributed by atoms with E-state index in [0.717, 1.165) is 6.92 Å². The average Bonchev–Trinajstić information content (AvgIpc) is 2.89. The molecule has 0 radical (unpaired) electrons. The van der Waals surface area contributed by atoms with Crippen molar-refractivity contribution in [3.8, 4) is 5.75 Å². The lowest BCUT2D eigenvalue weighted by Crippen LogP contribution is -2.16. The molecule has 29 heavy (non-hydrogen) atoms. The first-order chi connectivity index (χ1) is 13.2. The summed E-state index contributed by atoms with van der Waals surface area (Å²) in [5.74, 6) is -2.54. The van der Waals surface area contributed by atoms with Gasteiger partial charge in [0, 0.05) is 6.92 Å². The summed E-state index contributed by atoms with van der Waals surface area (Å²) in [5.41, 5.74) is 1.04. The van der Waals surface area contributed by atoms with Gasteiger partial charge in [0.15, 0.2) is 15.8 Å². The van der Waals surface area contributed by atoms with Crippen LogP contribution in [0.3, 0.4) is 0 Å². The fourth-order valence-electron chi connectivity index (χ4n) is 2.38. The normalized spacial score (nSPS) is 11.8. The standard InChI is InChI=1S/C16H16F3N3O5S2/c1-7-5-8(2)11(27-9(3)23)10(6-7)14(24)21-15-20-13(22-29(4,25)26)12(28-15)16(17,18)19/h5-6,22H,1-4H3,(H,20,21,24). The number of nitrogens with zero attached hydrogens (tertiary/aromatic N) is 1. The molecule has 0 aliphatic heterocycles. The molecule has 0 spiro atoms. The minimum absolute atomic E-state index is 0.0392. The van der Waals surface area contributed by atoms with Gasteiger partial charge in [-0.2, -0.15) is 13.2 Å². The number of halogens is 3. The van der Waals surface area contributed by atoms with E-state index in [1.165, 1.54) is 6.07 Å². The molecule has 0 aliphatic rings. The first-order valence-corrected chi connectivity index (χ1v) is 10.5. The molecule has 13 heteroatoms. The van der Waals surface area contributed by atoms with Gasteiger partial charge in [0.1, 0.15) is 5.75 Å². The predicted octanol–water partition coefficient (Wildman–Crippen LogP) is 3.33. The Balaban J connectivity index is 2.45. The molecule has 0 bridgehead atoms. The van der Waals surface area contributed by atoms with E-state index in [1.54, 1.807) is 24.6 Å². The van der Waals surface area contributed by atoms with Crippen LogP contribution in [0.1, 0.15) is 33.3 Å². The smallest absolute Gasteiger partial charge is 0.426 e. The third-order valence-corrected chi connectivity index (χ3v) is 4.88. The molecule has 0 unspecified atom stereocenters. The number of benzene rings is 1. The minimum atomic E-state index is -4.89. The van der Waals surface area contributed by atoms with Crippen molar-refractivity contribution in [2.45, 2.75) is 26.9 Å². The predicted molar refractivity (Wildman–Crippen MR) is 101 cm³/mol. The Morgan fingerprint density at radius 2 is 1.83 bits per heavy atom. The molecule has 2 N–H and O–H groups in total. The number of alkyl halides is 3. The highest BCUT2D eigenvalue weighted by Gasteiger charge is 2.38. The number of anilines is 2. The number of aromatic nitrogens is 1. The second kappa shape index (κ2) is 7.99. The highest BCUT2D eigenvalue weighted by molar-refractivity contribution is 7.92. The molecule has 2 rings (SSSR count). The summed E-state index contributed by atoms with van der Waals surface area (Å²) < 4.78 is 68.9. The van der Waals surface area contributed by atoms with E-state index in [4.69, 9.17) is 4.74 Å². The van der Waals surface area contributed by atoms with Gasteiger partial charge in [0.2, 0.25) is 10.0 Å². The number of carbonyl (C=O) groups excluding carboxylic acids is 2. The lowest BCUT2D eigenvalue weighted by Gasteiger charge is -2.12. The Bertz CT molecular complexity index is 1080. The van der Waals surface area contributed by atoms with E-state index < -0.39 is 43.9 Å². The third-order valence-electron chi connectivity index (χ3n) is 3.30. The Kier molecular flexibility index (Phi) is 6.23. The maximum Gasteiger partial charge on any atom is 0.429 e. The number of sulfonamides is 1. The van der Waals surface area contributed by atoms with Crippen LogP contribution in [0.25, 0.3) is 0 Å². The zero-order valence-corrected chi connectivity index (χ0v) is 17.2. The summed E-state index contributed by atoms with van der Waals surface area (Å²) in [5, 5.41) is 1.70. The molecule has 158 valence electrons. The van der Waals surface area contributed by atoms with E-state index >= 15 is 0 Å². The summed E-state index contributed by atoms with van der Waals surface area (Å²) in [6, 6.07) is 3.06. The van der Waals surface area contributed by atoms with Crippen molar-refractivity contribution in [2.24, 2.45) is 0 Å². The zero-order chi connectivity index (χ0) is 22.1. The Morgan fingerprint density at radius 3 is 2.34 bits per heavy atom. The van der Waals surface area contributed by atoms with Gasteiger partial charge in [0.25, 0.3) is 5.91 Å². The number of nitrogens with one attached hydrogen (secondary N) is 2. The number of ether oxygens (including phenoxy) is 1. The molecule has 1 aromatic heterocycles. The Labute approximate surface area is 168 Å². The quantitative estimate of drug-likeness (QED) is 0.532. The highest BCUT2D eigenvalue weighted by atomic mass is 32.2. The third kappa shape index (κ3) is 5.90. The molecular weight excluding hydrogens is 435 g/mol. The number of aryl methyl sites for hydroxylation is 2. The number of hydrogen-bond donors (Lipinski definition) is 2. The lowest BCUT2D eigenvalue weighted by molar-refractivity contribution is -0.134. The van der Waals surface area contributed by atoms with Gasteiger partial charge in [-0.25, -0.2) is 13.4 Å². The summed E-state index contributed by atoms with van der Waals surface area (Å²) in [6.07, 6.45) is -4.22. The van der Waals surface area contributed by atoms with Crippen LogP contribution >= 0.6 is 11.3 Å². The molecule has 0 saturated heterocycles. The first kappa shape index (κ1) is 22.6. The molecule has 2 aromatic rings. The molecule has 0 aliphatic carbocycles. The maximum absolute atomic E-state index is 13.2. The molecule has 1 aromatic carbocycles. The van der Waals surface area contributed by atoms with Gasteiger partial charge < -0.3 is 4.74 Å². The van der Waals surface area contributed by atoms with E-state index in [0.29, 0.717) is 17.4 Å². The van der Waals surface area contributed by atoms with Gasteiger partial charge in [-0.1, -0.05) is 17.4 Å². The minimum Gasteiger partial charge on any atom is -0.426 e. The number of thiazole rings is 1. The van der Waals surface area contributed by atoms with Crippen LogP contribution in [0.4, 0.5) is 24.1 Å². The van der Waals surface area contributed by atoms with Crippen LogP contribution in [0.5, 0.6) is 5.75 Å².